The molecule has 2 nitrogen and oxygen atoms in total. The van der Waals surface area contributed by atoms with E-state index in [1.807, 2.05) is 0 Å². The molecule has 0 radical (unpaired) electrons. The molecule has 1 rings (SSSR count). The average Bonchev–Trinajstić information content (AvgIpc) is 2.74. The molecule has 1 atom stereocenters. The minimum Gasteiger partial charge on any atom is -0.356 e. The highest BCUT2D eigenvalue weighted by Gasteiger charge is 2.33. The third-order valence-electron chi connectivity index (χ3n) is 4.58. The van der Waals surface area contributed by atoms with Gasteiger partial charge in [0.05, 0.1) is 0 Å². The second-order valence-electron chi connectivity index (χ2n) is 7.09. The lowest BCUT2D eigenvalue weighted by atomic mass is 9.80. The number of carbonyl (C=O) groups is 1. The minimum absolute atomic E-state index is 0.206. The van der Waals surface area contributed by atoms with Gasteiger partial charge in [0.25, 0.3) is 0 Å². The molecular weight excluding hydrogens is 290 g/mol. The summed E-state index contributed by atoms with van der Waals surface area (Å²) in [7, 11) is 0. The Labute approximate surface area is 120 Å². The molecular formula is C15H28BrNO. The zero-order chi connectivity index (χ0) is 13.8. The quantitative estimate of drug-likeness (QED) is 0.759. The molecule has 0 aromatic carbocycles. The minimum atomic E-state index is 0.206. The number of nitrogens with one attached hydrogen (secondary N) is 1. The van der Waals surface area contributed by atoms with Gasteiger partial charge in [0, 0.05) is 18.3 Å². The summed E-state index contributed by atoms with van der Waals surface area (Å²) in [4.78, 5) is 12.0. The highest BCUT2D eigenvalue weighted by Crippen LogP contribution is 2.39. The van der Waals surface area contributed by atoms with Gasteiger partial charge in [-0.05, 0) is 29.6 Å². The van der Waals surface area contributed by atoms with Crippen molar-refractivity contribution < 1.29 is 4.79 Å². The van der Waals surface area contributed by atoms with Crippen molar-refractivity contribution in [2.45, 2.75) is 59.8 Å². The first-order chi connectivity index (χ1) is 8.29. The van der Waals surface area contributed by atoms with Gasteiger partial charge in [-0.1, -0.05) is 56.5 Å². The van der Waals surface area contributed by atoms with Crippen molar-refractivity contribution >= 4 is 21.8 Å². The molecule has 1 N–H and O–H groups in total. The van der Waals surface area contributed by atoms with Crippen LogP contribution in [0.5, 0.6) is 0 Å². The van der Waals surface area contributed by atoms with Crippen LogP contribution in [0.1, 0.15) is 59.8 Å². The molecule has 0 bridgehead atoms. The standard InChI is InChI=1S/C15H28BrNO/c1-12(14(2,3)4)9-13(18)17-11-15(10-16)7-5-6-8-15/h12H,5-11H2,1-4H3,(H,17,18). The molecule has 0 aliphatic heterocycles. The number of rotatable bonds is 5. The highest BCUT2D eigenvalue weighted by atomic mass is 79.9. The Morgan fingerprint density at radius 1 is 1.33 bits per heavy atom. The molecule has 0 heterocycles. The van der Waals surface area contributed by atoms with Gasteiger partial charge in [0.2, 0.25) is 5.91 Å². The summed E-state index contributed by atoms with van der Waals surface area (Å²) >= 11 is 3.61. The largest absolute Gasteiger partial charge is 0.356 e. The van der Waals surface area contributed by atoms with E-state index in [1.165, 1.54) is 25.7 Å². The van der Waals surface area contributed by atoms with Crippen LogP contribution in [0.25, 0.3) is 0 Å². The fraction of sp³-hybridized carbons (Fsp3) is 0.933. The molecule has 1 amide bonds. The van der Waals surface area contributed by atoms with E-state index in [-0.39, 0.29) is 11.3 Å². The summed E-state index contributed by atoms with van der Waals surface area (Å²) < 4.78 is 0. The first kappa shape index (κ1) is 16.0. The topological polar surface area (TPSA) is 29.1 Å². The zero-order valence-electron chi connectivity index (χ0n) is 12.3. The number of carbonyl (C=O) groups excluding carboxylic acids is 1. The van der Waals surface area contributed by atoms with E-state index in [2.05, 4.69) is 48.9 Å². The molecule has 106 valence electrons. The lowest BCUT2D eigenvalue weighted by Gasteiger charge is -2.29. The summed E-state index contributed by atoms with van der Waals surface area (Å²) in [6, 6.07) is 0. The van der Waals surface area contributed by atoms with Crippen molar-refractivity contribution in [2.24, 2.45) is 16.7 Å². The summed E-state index contributed by atoms with van der Waals surface area (Å²) in [6.45, 7) is 9.59. The van der Waals surface area contributed by atoms with Gasteiger partial charge in [0.1, 0.15) is 0 Å². The Balaban J connectivity index is 2.37. The van der Waals surface area contributed by atoms with E-state index >= 15 is 0 Å². The maximum Gasteiger partial charge on any atom is 0.220 e. The monoisotopic (exact) mass is 317 g/mol. The smallest absolute Gasteiger partial charge is 0.220 e. The van der Waals surface area contributed by atoms with Crippen molar-refractivity contribution in [1.82, 2.24) is 5.32 Å². The average molecular weight is 318 g/mol. The first-order valence-corrected chi connectivity index (χ1v) is 8.24. The van der Waals surface area contributed by atoms with Crippen LogP contribution in [0, 0.1) is 16.7 Å². The number of amides is 1. The van der Waals surface area contributed by atoms with Crippen molar-refractivity contribution in [2.75, 3.05) is 11.9 Å². The Morgan fingerprint density at radius 3 is 2.33 bits per heavy atom. The van der Waals surface area contributed by atoms with Crippen molar-refractivity contribution in [3.05, 3.63) is 0 Å². The zero-order valence-corrected chi connectivity index (χ0v) is 13.9. The Kier molecular flexibility index (Phi) is 5.69. The van der Waals surface area contributed by atoms with E-state index in [4.69, 9.17) is 0 Å². The van der Waals surface area contributed by atoms with Crippen LogP contribution in [-0.4, -0.2) is 17.8 Å². The Hall–Kier alpha value is -0.0500. The second kappa shape index (κ2) is 6.40. The first-order valence-electron chi connectivity index (χ1n) is 7.12. The van der Waals surface area contributed by atoms with Crippen LogP contribution in [0.4, 0.5) is 0 Å². The molecule has 1 aliphatic rings. The molecule has 1 fully saturated rings. The lowest BCUT2D eigenvalue weighted by molar-refractivity contribution is -0.123. The summed E-state index contributed by atoms with van der Waals surface area (Å²) in [5, 5.41) is 4.16. The number of hydrogen-bond donors (Lipinski definition) is 1. The van der Waals surface area contributed by atoms with Gasteiger partial charge in [-0.3, -0.25) is 4.79 Å². The summed E-state index contributed by atoms with van der Waals surface area (Å²) in [5.41, 5.74) is 0.526. The highest BCUT2D eigenvalue weighted by molar-refractivity contribution is 9.09. The van der Waals surface area contributed by atoms with E-state index in [0.29, 0.717) is 17.8 Å². The molecule has 1 saturated carbocycles. The lowest BCUT2D eigenvalue weighted by Crippen LogP contribution is -2.38. The van der Waals surface area contributed by atoms with Crippen LogP contribution >= 0.6 is 15.9 Å². The van der Waals surface area contributed by atoms with Crippen LogP contribution in [0.2, 0.25) is 0 Å². The van der Waals surface area contributed by atoms with E-state index in [1.54, 1.807) is 0 Å². The van der Waals surface area contributed by atoms with Gasteiger partial charge in [0.15, 0.2) is 0 Å². The van der Waals surface area contributed by atoms with Crippen molar-refractivity contribution in [3.8, 4) is 0 Å². The third kappa shape index (κ3) is 4.56. The van der Waals surface area contributed by atoms with E-state index in [9.17, 15) is 4.79 Å². The fourth-order valence-electron chi connectivity index (χ4n) is 2.43. The number of alkyl halides is 1. The maximum atomic E-state index is 12.0. The molecule has 0 aromatic heterocycles. The normalized spacial score (nSPS) is 20.7. The van der Waals surface area contributed by atoms with Gasteiger partial charge < -0.3 is 5.32 Å². The predicted molar refractivity (Wildman–Crippen MR) is 80.9 cm³/mol. The third-order valence-corrected chi connectivity index (χ3v) is 5.77. The van der Waals surface area contributed by atoms with E-state index < -0.39 is 0 Å². The molecule has 0 aromatic rings. The van der Waals surface area contributed by atoms with Crippen molar-refractivity contribution in [3.63, 3.8) is 0 Å². The van der Waals surface area contributed by atoms with Crippen molar-refractivity contribution in [1.29, 1.82) is 0 Å². The van der Waals surface area contributed by atoms with Crippen LogP contribution < -0.4 is 5.32 Å². The predicted octanol–water partition coefficient (Wildman–Crippen LogP) is 4.13. The van der Waals surface area contributed by atoms with Gasteiger partial charge >= 0.3 is 0 Å². The summed E-state index contributed by atoms with van der Waals surface area (Å²) in [5.74, 6) is 0.630. The molecule has 1 unspecified atom stereocenters. The van der Waals surface area contributed by atoms with Gasteiger partial charge in [-0.25, -0.2) is 0 Å². The van der Waals surface area contributed by atoms with Gasteiger partial charge in [-0.2, -0.15) is 0 Å². The Morgan fingerprint density at radius 2 is 1.89 bits per heavy atom. The second-order valence-corrected chi connectivity index (χ2v) is 7.65. The molecule has 0 spiro atoms. The molecule has 1 aliphatic carbocycles. The Bertz CT molecular complexity index is 277. The van der Waals surface area contributed by atoms with E-state index in [0.717, 1.165) is 11.9 Å². The SMILES string of the molecule is CC(CC(=O)NCC1(CBr)CCCC1)C(C)(C)C. The maximum absolute atomic E-state index is 12.0. The number of halogens is 1. The molecule has 0 saturated heterocycles. The summed E-state index contributed by atoms with van der Waals surface area (Å²) in [6.07, 6.45) is 5.74. The van der Waals surface area contributed by atoms with Crippen LogP contribution in [0.15, 0.2) is 0 Å². The fourth-order valence-corrected chi connectivity index (χ4v) is 3.18. The van der Waals surface area contributed by atoms with Crippen LogP contribution in [0.3, 0.4) is 0 Å². The van der Waals surface area contributed by atoms with Crippen LogP contribution in [-0.2, 0) is 4.79 Å². The van der Waals surface area contributed by atoms with Gasteiger partial charge in [-0.15, -0.1) is 0 Å². The molecule has 18 heavy (non-hydrogen) atoms. The molecule has 3 heteroatoms. The number of hydrogen-bond acceptors (Lipinski definition) is 1.